The topological polar surface area (TPSA) is 0 Å². The number of hydrogen-bond donors (Lipinski definition) is 0. The average molecular weight is 1700 g/mol. The molecule has 0 radical (unpaired) electrons. The Balaban J connectivity index is 0.601. The Labute approximate surface area is 785 Å². The largest absolute Gasteiger partial charge is 0.0726 e. The molecular formula is C134H94. The first-order valence-corrected chi connectivity index (χ1v) is 47.8. The molecule has 0 bridgehead atoms. The highest BCUT2D eigenvalue weighted by molar-refractivity contribution is 6.04. The number of fused-ring (bicyclic) bond motifs is 40. The summed E-state index contributed by atoms with van der Waals surface area (Å²) < 4.78 is 0. The zero-order chi connectivity index (χ0) is 89.6. The molecule has 28 rings (SSSR count). The summed E-state index contributed by atoms with van der Waals surface area (Å²) in [5, 5.41) is 0. The lowest BCUT2D eigenvalue weighted by Crippen LogP contribution is -2.26. The van der Waals surface area contributed by atoms with Gasteiger partial charge in [-0.3, -0.25) is 0 Å². The van der Waals surface area contributed by atoms with Crippen LogP contribution in [0.15, 0.2) is 388 Å². The minimum atomic E-state index is -0.765. The van der Waals surface area contributed by atoms with Crippen LogP contribution in [0.2, 0.25) is 0 Å². The Bertz CT molecular complexity index is 7790. The molecule has 0 atom stereocenters. The molecule has 0 fully saturated rings. The molecule has 0 amide bonds. The number of benzene rings is 20. The van der Waals surface area contributed by atoms with E-state index in [0.29, 0.717) is 0 Å². The lowest BCUT2D eigenvalue weighted by Gasteiger charge is -2.32. The first kappa shape index (κ1) is 77.2. The minimum Gasteiger partial charge on any atom is -0.0587 e. The van der Waals surface area contributed by atoms with Crippen LogP contribution < -0.4 is 0 Å². The van der Waals surface area contributed by atoms with E-state index in [0.717, 1.165) is 0 Å². The molecule has 134 heavy (non-hydrogen) atoms. The van der Waals surface area contributed by atoms with Crippen molar-refractivity contribution in [3.63, 3.8) is 0 Å². The van der Waals surface area contributed by atoms with Crippen LogP contribution in [0.1, 0.15) is 145 Å². The molecule has 8 aliphatic rings. The third-order valence-corrected chi connectivity index (χ3v) is 32.5. The van der Waals surface area contributed by atoms with Crippen LogP contribution in [-0.2, 0) is 21.7 Å². The molecule has 0 unspecified atom stereocenters. The van der Waals surface area contributed by atoms with Crippen molar-refractivity contribution in [3.05, 3.63) is 533 Å². The third kappa shape index (κ3) is 10.3. The van der Waals surface area contributed by atoms with E-state index < -0.39 is 21.7 Å². The molecule has 4 spiro atoms. The summed E-state index contributed by atoms with van der Waals surface area (Å²) in [6, 6.07) is 154. The summed E-state index contributed by atoms with van der Waals surface area (Å²) in [4.78, 5) is 0. The number of aryl methyl sites for hydroxylation is 10. The van der Waals surface area contributed by atoms with E-state index in [2.05, 4.69) is 457 Å². The van der Waals surface area contributed by atoms with Crippen molar-refractivity contribution in [2.75, 3.05) is 0 Å². The van der Waals surface area contributed by atoms with Gasteiger partial charge in [0.25, 0.3) is 0 Å². The normalized spacial score (nSPS) is 14.4. The third-order valence-electron chi connectivity index (χ3n) is 32.5. The van der Waals surface area contributed by atoms with Gasteiger partial charge in [0.15, 0.2) is 0 Å². The fraction of sp³-hybridized carbons (Fsp3) is 0.104. The molecule has 0 aromatic heterocycles. The quantitative estimate of drug-likeness (QED) is 0.149. The molecule has 8 aliphatic carbocycles. The van der Waals surface area contributed by atoms with Crippen LogP contribution in [0.3, 0.4) is 0 Å². The molecule has 0 heterocycles. The molecule has 630 valence electrons. The van der Waals surface area contributed by atoms with Crippen LogP contribution >= 0.6 is 0 Å². The van der Waals surface area contributed by atoms with Crippen LogP contribution in [-0.4, -0.2) is 0 Å². The second kappa shape index (κ2) is 27.5. The van der Waals surface area contributed by atoms with Crippen molar-refractivity contribution in [2.24, 2.45) is 0 Å². The maximum Gasteiger partial charge on any atom is 0.0726 e. The molecule has 0 saturated heterocycles. The predicted molar refractivity (Wildman–Crippen MR) is 557 cm³/mol. The highest BCUT2D eigenvalue weighted by Crippen LogP contribution is 2.70. The van der Waals surface area contributed by atoms with Crippen LogP contribution in [0.5, 0.6) is 0 Å². The van der Waals surface area contributed by atoms with E-state index in [9.17, 15) is 0 Å². The Morgan fingerprint density at radius 2 is 0.179 bits per heavy atom. The average Bonchev–Trinajstić information content (AvgIpc) is 1.52. The Morgan fingerprint density at radius 1 is 0.0896 bits per heavy atom. The lowest BCUT2D eigenvalue weighted by molar-refractivity contribution is 0.791. The monoisotopic (exact) mass is 1700 g/mol. The highest BCUT2D eigenvalue weighted by Gasteiger charge is 2.57. The van der Waals surface area contributed by atoms with E-state index in [1.165, 1.54) is 312 Å². The molecule has 0 saturated carbocycles. The van der Waals surface area contributed by atoms with Gasteiger partial charge >= 0.3 is 0 Å². The molecule has 0 N–H and O–H groups in total. The van der Waals surface area contributed by atoms with Crippen LogP contribution in [0.25, 0.3) is 167 Å². The predicted octanol–water partition coefficient (Wildman–Crippen LogP) is 33.8. The van der Waals surface area contributed by atoms with Crippen molar-refractivity contribution in [1.82, 2.24) is 0 Å². The van der Waals surface area contributed by atoms with Crippen molar-refractivity contribution >= 4 is 0 Å². The molecule has 0 aliphatic heterocycles. The minimum absolute atomic E-state index is 0.459. The number of rotatable bonds is 7. The molecule has 20 aromatic carbocycles. The fourth-order valence-corrected chi connectivity index (χ4v) is 26.5. The molecule has 0 nitrogen and oxygen atoms in total. The van der Waals surface area contributed by atoms with Crippen LogP contribution in [0.4, 0.5) is 0 Å². The lowest BCUT2D eigenvalue weighted by atomic mass is 9.69. The zero-order valence-electron chi connectivity index (χ0n) is 77.0. The standard InChI is InChI=1S/C134H94/c1-75-11-22-85(23-12-75)92-36-55-111-112-56-40-96(89-30-24-86(25-31-89)93-37-52-108-105-49-19-82(8)65-121(105)131(124(108)69-93)115-59-76(2)13-43-99(115)100-44-14-77(3)60-116(100)131)72-128(112)134(127(111)68-92)129-73-97(90-32-26-87(27-33-90)94-38-53-109-106-50-20-83(9)66-122(106)132(125(109)70-94)117-61-78(4)15-45-101(117)102-46-16-79(5)62-118(102)132)41-57-113(129)114-58-42-98(74-130(114)134)91-34-28-88(29-35-91)95-39-54-110-107-51-21-84(10)67-123(107)133(126(110)71-95)119-63-80(6)17-47-103(119)104-48-18-81(7)64-120(104)133/h11-74H,1-10H3. The van der Waals surface area contributed by atoms with Crippen molar-refractivity contribution in [1.29, 1.82) is 0 Å². The Kier molecular flexibility index (Phi) is 15.9. The van der Waals surface area contributed by atoms with E-state index in [1.807, 2.05) is 0 Å². The van der Waals surface area contributed by atoms with Crippen molar-refractivity contribution < 1.29 is 0 Å². The van der Waals surface area contributed by atoms with Gasteiger partial charge in [0.1, 0.15) is 0 Å². The summed E-state index contributed by atoms with van der Waals surface area (Å²) in [6.07, 6.45) is 0. The van der Waals surface area contributed by atoms with Crippen LogP contribution in [0, 0.1) is 69.2 Å². The summed E-state index contributed by atoms with van der Waals surface area (Å²) in [5.41, 5.74) is 70.0. The summed E-state index contributed by atoms with van der Waals surface area (Å²) in [5.74, 6) is 0. The van der Waals surface area contributed by atoms with Gasteiger partial charge in [-0.2, -0.15) is 0 Å². The van der Waals surface area contributed by atoms with Gasteiger partial charge in [0.05, 0.1) is 21.7 Å². The zero-order valence-corrected chi connectivity index (χ0v) is 77.0. The summed E-state index contributed by atoms with van der Waals surface area (Å²) >= 11 is 0. The van der Waals surface area contributed by atoms with E-state index in [1.54, 1.807) is 0 Å². The summed E-state index contributed by atoms with van der Waals surface area (Å²) in [6.45, 7) is 22.5. The van der Waals surface area contributed by atoms with Gasteiger partial charge < -0.3 is 0 Å². The number of hydrogen-bond acceptors (Lipinski definition) is 0. The summed E-state index contributed by atoms with van der Waals surface area (Å²) in [7, 11) is 0. The second-order valence-corrected chi connectivity index (χ2v) is 40.4. The smallest absolute Gasteiger partial charge is 0.0587 e. The van der Waals surface area contributed by atoms with Gasteiger partial charge in [0.2, 0.25) is 0 Å². The van der Waals surface area contributed by atoms with Gasteiger partial charge in [-0.1, -0.05) is 401 Å². The van der Waals surface area contributed by atoms with Gasteiger partial charge in [0, 0.05) is 0 Å². The van der Waals surface area contributed by atoms with Gasteiger partial charge in [-0.05, 0) is 368 Å². The first-order valence-electron chi connectivity index (χ1n) is 47.8. The Hall–Kier alpha value is -15.6. The second-order valence-electron chi connectivity index (χ2n) is 40.4. The molecular weight excluding hydrogens is 1610 g/mol. The van der Waals surface area contributed by atoms with E-state index in [4.69, 9.17) is 0 Å². The maximum absolute atomic E-state index is 2.59. The fourth-order valence-electron chi connectivity index (χ4n) is 26.5. The molecule has 20 aromatic rings. The van der Waals surface area contributed by atoms with E-state index in [-0.39, 0.29) is 0 Å². The van der Waals surface area contributed by atoms with E-state index >= 15 is 0 Å². The Morgan fingerprint density at radius 3 is 0.306 bits per heavy atom. The van der Waals surface area contributed by atoms with Crippen molar-refractivity contribution in [3.8, 4) is 167 Å². The van der Waals surface area contributed by atoms with Gasteiger partial charge in [-0.25, -0.2) is 0 Å². The SMILES string of the molecule is Cc1ccc(-c2ccc3c(c2)C2(c4cc(-c5ccc(-c6ccc7c(c6)C6(c8cc(C)ccc8-c8ccc(C)cc86)c6cc(C)ccc6-7)cc5)ccc4-3)c3cc(-c4ccc(-c5ccc6c(c5)C5(c7cc(C)ccc7-c7ccc(C)cc75)c5cc(C)ccc5-6)cc4)ccc3-c3ccc(-c4ccc(-c5ccc6c(c5)C5(c7cc(C)ccc7-c7ccc(C)cc75)c5cc(C)ccc5-6)cc4)cc32)cc1. The maximum atomic E-state index is 2.59. The molecule has 0 heteroatoms. The highest BCUT2D eigenvalue weighted by atomic mass is 14.6. The first-order chi connectivity index (χ1) is 65.4. The van der Waals surface area contributed by atoms with Gasteiger partial charge in [-0.15, -0.1) is 0 Å². The van der Waals surface area contributed by atoms with Crippen molar-refractivity contribution in [2.45, 2.75) is 90.9 Å².